The highest BCUT2D eigenvalue weighted by atomic mass is 79.9. The van der Waals surface area contributed by atoms with Gasteiger partial charge >= 0.3 is 0 Å². The van der Waals surface area contributed by atoms with Gasteiger partial charge in [-0.15, -0.1) is 0 Å². The summed E-state index contributed by atoms with van der Waals surface area (Å²) in [6.07, 6.45) is 0. The second-order valence-electron chi connectivity index (χ2n) is 5.42. The second-order valence-corrected chi connectivity index (χ2v) is 6.33. The standard InChI is InChI=1S/C18H22BrNO/c1-12-5-6-13(2)17(9-12)14(3)20-11-15-10-16(19)7-8-18(15)21-4/h5-10,14,20H,11H2,1-4H3. The number of hydrogen-bond acceptors (Lipinski definition) is 2. The van der Waals surface area contributed by atoms with E-state index in [2.05, 4.69) is 66.3 Å². The molecule has 1 unspecified atom stereocenters. The molecule has 21 heavy (non-hydrogen) atoms. The lowest BCUT2D eigenvalue weighted by Gasteiger charge is -2.18. The number of methoxy groups -OCH3 is 1. The van der Waals surface area contributed by atoms with Crippen LogP contribution in [-0.4, -0.2) is 7.11 Å². The van der Waals surface area contributed by atoms with E-state index in [-0.39, 0.29) is 0 Å². The fourth-order valence-electron chi connectivity index (χ4n) is 2.48. The molecule has 0 saturated carbocycles. The molecule has 0 spiro atoms. The van der Waals surface area contributed by atoms with Crippen LogP contribution in [0.5, 0.6) is 5.75 Å². The maximum atomic E-state index is 5.42. The van der Waals surface area contributed by atoms with E-state index in [1.54, 1.807) is 7.11 Å². The molecule has 1 atom stereocenters. The fourth-order valence-corrected chi connectivity index (χ4v) is 2.89. The molecule has 2 nitrogen and oxygen atoms in total. The largest absolute Gasteiger partial charge is 0.496 e. The monoisotopic (exact) mass is 347 g/mol. The Balaban J connectivity index is 2.12. The topological polar surface area (TPSA) is 21.3 Å². The summed E-state index contributed by atoms with van der Waals surface area (Å²) in [6.45, 7) is 7.27. The normalized spacial score (nSPS) is 12.2. The minimum absolute atomic E-state index is 0.300. The average Bonchev–Trinajstić information content (AvgIpc) is 2.47. The lowest BCUT2D eigenvalue weighted by Crippen LogP contribution is -2.19. The summed E-state index contributed by atoms with van der Waals surface area (Å²) in [5, 5.41) is 3.58. The number of halogens is 1. The second kappa shape index (κ2) is 7.10. The van der Waals surface area contributed by atoms with E-state index >= 15 is 0 Å². The number of nitrogens with one attached hydrogen (secondary N) is 1. The van der Waals surface area contributed by atoms with Gasteiger partial charge in [0.1, 0.15) is 5.75 Å². The van der Waals surface area contributed by atoms with E-state index in [1.807, 2.05) is 12.1 Å². The SMILES string of the molecule is COc1ccc(Br)cc1CNC(C)c1cc(C)ccc1C. The molecule has 2 rings (SSSR count). The predicted molar refractivity (Wildman–Crippen MR) is 91.9 cm³/mol. The minimum Gasteiger partial charge on any atom is -0.496 e. The van der Waals surface area contributed by atoms with E-state index in [0.29, 0.717) is 6.04 Å². The van der Waals surface area contributed by atoms with Crippen LogP contribution in [0.3, 0.4) is 0 Å². The van der Waals surface area contributed by atoms with E-state index in [1.165, 1.54) is 16.7 Å². The molecule has 0 aromatic heterocycles. The average molecular weight is 348 g/mol. The quantitative estimate of drug-likeness (QED) is 0.828. The molecule has 3 heteroatoms. The van der Waals surface area contributed by atoms with Crippen LogP contribution >= 0.6 is 15.9 Å². The van der Waals surface area contributed by atoms with Crippen molar-refractivity contribution in [2.24, 2.45) is 0 Å². The molecular formula is C18H22BrNO. The molecule has 0 fully saturated rings. The van der Waals surface area contributed by atoms with E-state index in [0.717, 1.165) is 22.3 Å². The molecular weight excluding hydrogens is 326 g/mol. The van der Waals surface area contributed by atoms with Crippen molar-refractivity contribution >= 4 is 15.9 Å². The van der Waals surface area contributed by atoms with Crippen LogP contribution in [-0.2, 0) is 6.54 Å². The van der Waals surface area contributed by atoms with Crippen molar-refractivity contribution in [2.45, 2.75) is 33.4 Å². The number of rotatable bonds is 5. The zero-order chi connectivity index (χ0) is 15.4. The van der Waals surface area contributed by atoms with Gasteiger partial charge in [0.25, 0.3) is 0 Å². The first-order chi connectivity index (χ1) is 10.0. The molecule has 1 N–H and O–H groups in total. The Morgan fingerprint density at radius 3 is 2.62 bits per heavy atom. The van der Waals surface area contributed by atoms with Crippen molar-refractivity contribution in [3.05, 3.63) is 63.1 Å². The van der Waals surface area contributed by atoms with Gasteiger partial charge in [-0.25, -0.2) is 0 Å². The first kappa shape index (κ1) is 16.1. The Hall–Kier alpha value is -1.32. The Bertz CT molecular complexity index is 625. The van der Waals surface area contributed by atoms with E-state index < -0.39 is 0 Å². The van der Waals surface area contributed by atoms with Crippen molar-refractivity contribution in [3.8, 4) is 5.75 Å². The van der Waals surface area contributed by atoms with Crippen LogP contribution in [0.2, 0.25) is 0 Å². The Labute approximate surface area is 135 Å². The summed E-state index contributed by atoms with van der Waals surface area (Å²) in [7, 11) is 1.71. The third-order valence-electron chi connectivity index (χ3n) is 3.74. The summed E-state index contributed by atoms with van der Waals surface area (Å²) in [5.74, 6) is 0.916. The molecule has 2 aromatic rings. The first-order valence-electron chi connectivity index (χ1n) is 7.14. The van der Waals surface area contributed by atoms with Crippen LogP contribution in [0.1, 0.15) is 35.2 Å². The highest BCUT2D eigenvalue weighted by molar-refractivity contribution is 9.10. The highest BCUT2D eigenvalue weighted by Gasteiger charge is 2.10. The molecule has 0 aliphatic carbocycles. The van der Waals surface area contributed by atoms with Crippen LogP contribution in [0.15, 0.2) is 40.9 Å². The summed E-state index contributed by atoms with van der Waals surface area (Å²) in [5.41, 5.74) is 5.12. The fraction of sp³-hybridized carbons (Fsp3) is 0.333. The molecule has 0 saturated heterocycles. The Morgan fingerprint density at radius 2 is 1.90 bits per heavy atom. The number of aryl methyl sites for hydroxylation is 2. The molecule has 0 aliphatic rings. The van der Waals surface area contributed by atoms with Gasteiger partial charge in [-0.2, -0.15) is 0 Å². The maximum absolute atomic E-state index is 5.42. The zero-order valence-corrected chi connectivity index (χ0v) is 14.6. The summed E-state index contributed by atoms with van der Waals surface area (Å²) in [4.78, 5) is 0. The van der Waals surface area contributed by atoms with Crippen molar-refractivity contribution in [1.29, 1.82) is 0 Å². The Kier molecular flexibility index (Phi) is 5.43. The van der Waals surface area contributed by atoms with Crippen molar-refractivity contribution in [2.75, 3.05) is 7.11 Å². The number of ether oxygens (including phenoxy) is 1. The first-order valence-corrected chi connectivity index (χ1v) is 7.93. The maximum Gasteiger partial charge on any atom is 0.123 e. The van der Waals surface area contributed by atoms with Gasteiger partial charge in [0.05, 0.1) is 7.11 Å². The van der Waals surface area contributed by atoms with Gasteiger partial charge in [-0.1, -0.05) is 39.7 Å². The van der Waals surface area contributed by atoms with Crippen LogP contribution in [0, 0.1) is 13.8 Å². The van der Waals surface area contributed by atoms with Crippen LogP contribution in [0.25, 0.3) is 0 Å². The molecule has 0 aliphatic heterocycles. The summed E-state index contributed by atoms with van der Waals surface area (Å²) < 4.78 is 6.49. The Morgan fingerprint density at radius 1 is 1.14 bits per heavy atom. The van der Waals surface area contributed by atoms with Crippen molar-refractivity contribution in [3.63, 3.8) is 0 Å². The van der Waals surface area contributed by atoms with Crippen LogP contribution < -0.4 is 10.1 Å². The van der Waals surface area contributed by atoms with E-state index in [4.69, 9.17) is 4.74 Å². The lowest BCUT2D eigenvalue weighted by atomic mass is 10.00. The number of hydrogen-bond donors (Lipinski definition) is 1. The third kappa shape index (κ3) is 4.08. The van der Waals surface area contributed by atoms with Crippen molar-refractivity contribution < 1.29 is 4.74 Å². The van der Waals surface area contributed by atoms with Gasteiger partial charge in [-0.05, 0) is 50.1 Å². The lowest BCUT2D eigenvalue weighted by molar-refractivity contribution is 0.406. The number of benzene rings is 2. The molecule has 0 amide bonds. The van der Waals surface area contributed by atoms with Crippen LogP contribution in [0.4, 0.5) is 0 Å². The third-order valence-corrected chi connectivity index (χ3v) is 4.24. The smallest absolute Gasteiger partial charge is 0.123 e. The van der Waals surface area contributed by atoms with Gasteiger partial charge in [0.2, 0.25) is 0 Å². The van der Waals surface area contributed by atoms with Crippen molar-refractivity contribution in [1.82, 2.24) is 5.32 Å². The zero-order valence-electron chi connectivity index (χ0n) is 13.0. The molecule has 0 radical (unpaired) electrons. The van der Waals surface area contributed by atoms with E-state index in [9.17, 15) is 0 Å². The molecule has 0 bridgehead atoms. The minimum atomic E-state index is 0.300. The van der Waals surface area contributed by atoms with Gasteiger partial charge < -0.3 is 10.1 Å². The van der Waals surface area contributed by atoms with Gasteiger partial charge in [-0.3, -0.25) is 0 Å². The van der Waals surface area contributed by atoms with Gasteiger partial charge in [0, 0.05) is 22.6 Å². The summed E-state index contributed by atoms with van der Waals surface area (Å²) >= 11 is 3.52. The molecule has 0 heterocycles. The molecule has 112 valence electrons. The highest BCUT2D eigenvalue weighted by Crippen LogP contribution is 2.24. The predicted octanol–water partition coefficient (Wildman–Crippen LogP) is 4.93. The van der Waals surface area contributed by atoms with Gasteiger partial charge in [0.15, 0.2) is 0 Å². The summed E-state index contributed by atoms with van der Waals surface area (Å²) in [6, 6.07) is 13.0. The molecule has 2 aromatic carbocycles.